The largest absolute Gasteiger partial charge is 0.381 e. The number of hydrogen-bond donors (Lipinski definition) is 2. The molecule has 1 amide bonds. The minimum atomic E-state index is -0.941. The number of anilines is 1. The van der Waals surface area contributed by atoms with Crippen molar-refractivity contribution in [1.29, 1.82) is 0 Å². The first-order valence-corrected chi connectivity index (χ1v) is 6.59. The molecule has 0 aliphatic heterocycles. The van der Waals surface area contributed by atoms with Crippen LogP contribution in [0.5, 0.6) is 0 Å². The summed E-state index contributed by atoms with van der Waals surface area (Å²) in [4.78, 5) is 11.1. The lowest BCUT2D eigenvalue weighted by Gasteiger charge is -2.29. The van der Waals surface area contributed by atoms with Gasteiger partial charge in [-0.2, -0.15) is 0 Å². The Labute approximate surface area is 116 Å². The molecule has 0 radical (unpaired) electrons. The second kappa shape index (κ2) is 6.17. The standard InChI is InChI=1S/C14H18F2N2O2/c1-20-9-4-2-8(3-5-9)18-13-6-10(14(17)19)11(15)7-12(13)16/h6-9,18H,2-5H2,1H3,(H2,17,19). The normalized spacial score (nSPS) is 22.6. The molecule has 3 N–H and O–H groups in total. The Hall–Kier alpha value is -1.69. The van der Waals surface area contributed by atoms with Gasteiger partial charge in [0.05, 0.1) is 17.4 Å². The summed E-state index contributed by atoms with van der Waals surface area (Å²) >= 11 is 0. The van der Waals surface area contributed by atoms with Gasteiger partial charge in [-0.05, 0) is 31.7 Å². The highest BCUT2D eigenvalue weighted by molar-refractivity contribution is 5.94. The van der Waals surface area contributed by atoms with Gasteiger partial charge in [0.15, 0.2) is 0 Å². The molecule has 0 saturated heterocycles. The van der Waals surface area contributed by atoms with E-state index in [1.54, 1.807) is 7.11 Å². The van der Waals surface area contributed by atoms with Gasteiger partial charge in [-0.25, -0.2) is 8.78 Å². The summed E-state index contributed by atoms with van der Waals surface area (Å²) < 4.78 is 32.4. The zero-order valence-corrected chi connectivity index (χ0v) is 11.3. The topological polar surface area (TPSA) is 64.3 Å². The summed E-state index contributed by atoms with van der Waals surface area (Å²) in [7, 11) is 1.68. The summed E-state index contributed by atoms with van der Waals surface area (Å²) in [6.07, 6.45) is 3.69. The highest BCUT2D eigenvalue weighted by Gasteiger charge is 2.22. The molecule has 0 spiro atoms. The first kappa shape index (κ1) is 14.7. The monoisotopic (exact) mass is 284 g/mol. The quantitative estimate of drug-likeness (QED) is 0.892. The van der Waals surface area contributed by atoms with Crippen LogP contribution in [-0.2, 0) is 4.74 Å². The van der Waals surface area contributed by atoms with Gasteiger partial charge in [-0.1, -0.05) is 0 Å². The van der Waals surface area contributed by atoms with E-state index in [4.69, 9.17) is 10.5 Å². The second-order valence-corrected chi connectivity index (χ2v) is 5.03. The molecular weight excluding hydrogens is 266 g/mol. The number of hydrogen-bond acceptors (Lipinski definition) is 3. The fourth-order valence-corrected chi connectivity index (χ4v) is 2.51. The molecule has 1 aromatic rings. The number of halogens is 2. The van der Waals surface area contributed by atoms with E-state index in [0.717, 1.165) is 31.7 Å². The van der Waals surface area contributed by atoms with E-state index in [-0.39, 0.29) is 23.4 Å². The van der Waals surface area contributed by atoms with Gasteiger partial charge < -0.3 is 15.8 Å². The predicted molar refractivity (Wildman–Crippen MR) is 71.6 cm³/mol. The fraction of sp³-hybridized carbons (Fsp3) is 0.500. The molecule has 0 heterocycles. The molecule has 0 aromatic heterocycles. The van der Waals surface area contributed by atoms with Crippen LogP contribution < -0.4 is 11.1 Å². The zero-order chi connectivity index (χ0) is 14.7. The molecule has 4 nitrogen and oxygen atoms in total. The molecule has 1 aliphatic rings. The van der Waals surface area contributed by atoms with Crippen LogP contribution in [0.4, 0.5) is 14.5 Å². The number of amides is 1. The van der Waals surface area contributed by atoms with Crippen LogP contribution in [0.2, 0.25) is 0 Å². The Bertz CT molecular complexity index is 500. The van der Waals surface area contributed by atoms with E-state index >= 15 is 0 Å². The van der Waals surface area contributed by atoms with Gasteiger partial charge >= 0.3 is 0 Å². The molecule has 110 valence electrons. The molecule has 0 bridgehead atoms. The van der Waals surface area contributed by atoms with Crippen molar-refractivity contribution in [2.45, 2.75) is 37.8 Å². The first-order chi connectivity index (χ1) is 9.51. The van der Waals surface area contributed by atoms with E-state index in [2.05, 4.69) is 5.32 Å². The number of methoxy groups -OCH3 is 1. The molecular formula is C14H18F2N2O2. The van der Waals surface area contributed by atoms with Crippen molar-refractivity contribution in [3.05, 3.63) is 29.3 Å². The number of benzene rings is 1. The predicted octanol–water partition coefficient (Wildman–Crippen LogP) is 2.43. The Morgan fingerprint density at radius 1 is 1.25 bits per heavy atom. The summed E-state index contributed by atoms with van der Waals surface area (Å²) in [5, 5.41) is 3.01. The van der Waals surface area contributed by atoms with Crippen LogP contribution in [0.1, 0.15) is 36.0 Å². The van der Waals surface area contributed by atoms with Crippen LogP contribution in [0.15, 0.2) is 12.1 Å². The lowest BCUT2D eigenvalue weighted by Crippen LogP contribution is -2.29. The van der Waals surface area contributed by atoms with Crippen molar-refractivity contribution in [3.63, 3.8) is 0 Å². The molecule has 0 unspecified atom stereocenters. The Morgan fingerprint density at radius 2 is 1.90 bits per heavy atom. The molecule has 1 aliphatic carbocycles. The third kappa shape index (κ3) is 3.25. The number of carbonyl (C=O) groups excluding carboxylic acids is 1. The van der Waals surface area contributed by atoms with Gasteiger partial charge in [0, 0.05) is 19.2 Å². The van der Waals surface area contributed by atoms with Gasteiger partial charge in [0.1, 0.15) is 11.6 Å². The van der Waals surface area contributed by atoms with Crippen LogP contribution in [0.25, 0.3) is 0 Å². The van der Waals surface area contributed by atoms with Crippen molar-refractivity contribution < 1.29 is 18.3 Å². The summed E-state index contributed by atoms with van der Waals surface area (Å²) in [5.74, 6) is -2.57. The summed E-state index contributed by atoms with van der Waals surface area (Å²) in [6, 6.07) is 1.90. The lowest BCUT2D eigenvalue weighted by molar-refractivity contribution is 0.0681. The lowest BCUT2D eigenvalue weighted by atomic mass is 9.92. The number of nitrogens with two attached hydrogens (primary N) is 1. The number of ether oxygens (including phenoxy) is 1. The SMILES string of the molecule is COC1CCC(Nc2cc(C(N)=O)c(F)cc2F)CC1. The molecule has 1 aromatic carbocycles. The first-order valence-electron chi connectivity index (χ1n) is 6.59. The van der Waals surface area contributed by atoms with Gasteiger partial charge in [0.25, 0.3) is 5.91 Å². The number of carbonyl (C=O) groups is 1. The smallest absolute Gasteiger partial charge is 0.251 e. The van der Waals surface area contributed by atoms with Crippen LogP contribution in [-0.4, -0.2) is 25.2 Å². The average molecular weight is 284 g/mol. The molecule has 2 rings (SSSR count). The number of primary amides is 1. The van der Waals surface area contributed by atoms with Crippen molar-refractivity contribution in [2.24, 2.45) is 5.73 Å². The highest BCUT2D eigenvalue weighted by Crippen LogP contribution is 2.26. The van der Waals surface area contributed by atoms with Crippen molar-refractivity contribution in [2.75, 3.05) is 12.4 Å². The van der Waals surface area contributed by atoms with Crippen molar-refractivity contribution in [3.8, 4) is 0 Å². The number of nitrogens with one attached hydrogen (secondary N) is 1. The Kier molecular flexibility index (Phi) is 4.54. The molecule has 1 fully saturated rings. The van der Waals surface area contributed by atoms with E-state index in [1.165, 1.54) is 0 Å². The molecule has 0 atom stereocenters. The minimum Gasteiger partial charge on any atom is -0.381 e. The van der Waals surface area contributed by atoms with Crippen molar-refractivity contribution >= 4 is 11.6 Å². The summed E-state index contributed by atoms with van der Waals surface area (Å²) in [6.45, 7) is 0. The minimum absolute atomic E-state index is 0.0853. The van der Waals surface area contributed by atoms with Crippen LogP contribution in [0, 0.1) is 11.6 Å². The Morgan fingerprint density at radius 3 is 2.45 bits per heavy atom. The maximum absolute atomic E-state index is 13.7. The maximum atomic E-state index is 13.7. The Balaban J connectivity index is 2.10. The highest BCUT2D eigenvalue weighted by atomic mass is 19.1. The third-order valence-corrected chi connectivity index (χ3v) is 3.69. The molecule has 6 heteroatoms. The van der Waals surface area contributed by atoms with Crippen molar-refractivity contribution in [1.82, 2.24) is 0 Å². The van der Waals surface area contributed by atoms with E-state index in [1.807, 2.05) is 0 Å². The zero-order valence-electron chi connectivity index (χ0n) is 11.3. The fourth-order valence-electron chi connectivity index (χ4n) is 2.51. The van der Waals surface area contributed by atoms with Crippen LogP contribution >= 0.6 is 0 Å². The second-order valence-electron chi connectivity index (χ2n) is 5.03. The van der Waals surface area contributed by atoms with E-state index < -0.39 is 17.5 Å². The summed E-state index contributed by atoms with van der Waals surface area (Å²) in [5.41, 5.74) is 4.86. The molecule has 1 saturated carbocycles. The van der Waals surface area contributed by atoms with Crippen LogP contribution in [0.3, 0.4) is 0 Å². The van der Waals surface area contributed by atoms with E-state index in [0.29, 0.717) is 6.07 Å². The van der Waals surface area contributed by atoms with Gasteiger partial charge in [-0.15, -0.1) is 0 Å². The average Bonchev–Trinajstić information content (AvgIpc) is 2.42. The molecule has 20 heavy (non-hydrogen) atoms. The third-order valence-electron chi connectivity index (χ3n) is 3.69. The number of rotatable bonds is 4. The van der Waals surface area contributed by atoms with Gasteiger partial charge in [0.2, 0.25) is 0 Å². The van der Waals surface area contributed by atoms with Gasteiger partial charge in [-0.3, -0.25) is 4.79 Å². The van der Waals surface area contributed by atoms with E-state index in [9.17, 15) is 13.6 Å². The maximum Gasteiger partial charge on any atom is 0.251 e.